The quantitative estimate of drug-likeness (QED) is 0.361. The van der Waals surface area contributed by atoms with Crippen LogP contribution in [0.2, 0.25) is 0 Å². The first-order chi connectivity index (χ1) is 13.4. The van der Waals surface area contributed by atoms with E-state index in [-0.39, 0.29) is 0 Å². The lowest BCUT2D eigenvalue weighted by molar-refractivity contribution is 1.18. The Kier molecular flexibility index (Phi) is 8.41. The Bertz CT molecular complexity index is 866. The van der Waals surface area contributed by atoms with E-state index in [2.05, 4.69) is 63.4 Å². The molecule has 146 valence electrons. The molecular formula is C26H31NS. The predicted molar refractivity (Wildman–Crippen MR) is 126 cm³/mol. The maximum Gasteiger partial charge on any atom is 0.0232 e. The molecule has 2 heteroatoms. The van der Waals surface area contributed by atoms with Crippen molar-refractivity contribution in [2.45, 2.75) is 38.5 Å². The van der Waals surface area contributed by atoms with Crippen LogP contribution in [0.4, 0.5) is 0 Å². The molecule has 1 nitrogen and oxygen atoms in total. The molecule has 0 spiro atoms. The lowest BCUT2D eigenvalue weighted by atomic mass is 10.0. The molecule has 2 N–H and O–H groups in total. The number of benzene rings is 1. The molecule has 0 heterocycles. The van der Waals surface area contributed by atoms with Crippen LogP contribution < -0.4 is 5.73 Å². The minimum atomic E-state index is 0.814. The highest BCUT2D eigenvalue weighted by molar-refractivity contribution is 7.99. The molecule has 0 aromatic heterocycles. The van der Waals surface area contributed by atoms with Crippen LogP contribution >= 0.6 is 11.8 Å². The molecule has 0 atom stereocenters. The molecule has 0 bridgehead atoms. The summed E-state index contributed by atoms with van der Waals surface area (Å²) in [4.78, 5) is 1.26. The van der Waals surface area contributed by atoms with Gasteiger partial charge in [0.15, 0.2) is 0 Å². The number of thioether (sulfide) groups is 1. The van der Waals surface area contributed by atoms with Crippen molar-refractivity contribution in [3.63, 3.8) is 0 Å². The average molecular weight is 390 g/mol. The van der Waals surface area contributed by atoms with E-state index >= 15 is 0 Å². The highest BCUT2D eigenvalue weighted by Crippen LogP contribution is 2.29. The second-order valence-corrected chi connectivity index (χ2v) is 8.29. The van der Waals surface area contributed by atoms with Gasteiger partial charge in [-0.1, -0.05) is 61.2 Å². The third-order valence-corrected chi connectivity index (χ3v) is 5.60. The molecule has 1 aromatic rings. The Morgan fingerprint density at radius 2 is 1.86 bits per heavy atom. The summed E-state index contributed by atoms with van der Waals surface area (Å²) < 4.78 is 0. The smallest absolute Gasteiger partial charge is 0.0232 e. The molecule has 0 amide bonds. The standard InChI is InChI=1S/C26H31NS/c1-6-8-23(15-20(5)27)18-28-25-13-10-21(11-14-25)16-22-9-12-24(17-22)26(7-2)19(3)4/h6-11,13-15,17H,1-2,12,16,18,27H2,3-5H3/b20-15+,23-8+. The zero-order chi connectivity index (χ0) is 20.5. The number of allylic oxidation sites excluding steroid dienone is 11. The van der Waals surface area contributed by atoms with Gasteiger partial charge in [0.05, 0.1) is 0 Å². The zero-order valence-electron chi connectivity index (χ0n) is 17.3. The number of hydrogen-bond donors (Lipinski definition) is 1. The summed E-state index contributed by atoms with van der Waals surface area (Å²) in [5.74, 6) is 0.879. The van der Waals surface area contributed by atoms with Crippen LogP contribution in [-0.4, -0.2) is 5.75 Å². The lowest BCUT2D eigenvalue weighted by Gasteiger charge is -2.06. The minimum absolute atomic E-state index is 0.814. The van der Waals surface area contributed by atoms with E-state index in [9.17, 15) is 0 Å². The maximum atomic E-state index is 5.80. The molecule has 0 saturated heterocycles. The van der Waals surface area contributed by atoms with Crippen molar-refractivity contribution in [1.29, 1.82) is 0 Å². The van der Waals surface area contributed by atoms with E-state index in [4.69, 9.17) is 5.73 Å². The van der Waals surface area contributed by atoms with Crippen molar-refractivity contribution in [1.82, 2.24) is 0 Å². The second kappa shape index (κ2) is 10.8. The van der Waals surface area contributed by atoms with Crippen LogP contribution in [-0.2, 0) is 6.42 Å². The van der Waals surface area contributed by atoms with Crippen LogP contribution in [0.1, 0.15) is 32.8 Å². The van der Waals surface area contributed by atoms with E-state index < -0.39 is 0 Å². The van der Waals surface area contributed by atoms with E-state index in [0.717, 1.165) is 24.3 Å². The SMILES string of the molecule is C=C/C=C(\C=C(/C)N)CSc1ccc(CC2=CCC(C(C=C)=C(C)C)=C2)cc1. The summed E-state index contributed by atoms with van der Waals surface area (Å²) in [5, 5.41) is 0. The van der Waals surface area contributed by atoms with Gasteiger partial charge in [-0.2, -0.15) is 0 Å². The van der Waals surface area contributed by atoms with Crippen molar-refractivity contribution >= 4 is 11.8 Å². The van der Waals surface area contributed by atoms with Gasteiger partial charge in [0.1, 0.15) is 0 Å². The Morgan fingerprint density at radius 1 is 1.14 bits per heavy atom. The van der Waals surface area contributed by atoms with Crippen LogP contribution in [0.3, 0.4) is 0 Å². The predicted octanol–water partition coefficient (Wildman–Crippen LogP) is 7.08. The number of hydrogen-bond acceptors (Lipinski definition) is 2. The molecule has 2 rings (SSSR count). The van der Waals surface area contributed by atoms with E-state index in [1.165, 1.54) is 38.3 Å². The van der Waals surface area contributed by atoms with E-state index in [1.54, 1.807) is 0 Å². The topological polar surface area (TPSA) is 26.0 Å². The summed E-state index contributed by atoms with van der Waals surface area (Å²) in [6, 6.07) is 8.86. The number of rotatable bonds is 9. The van der Waals surface area contributed by atoms with Crippen LogP contribution in [0, 0.1) is 0 Å². The molecule has 0 unspecified atom stereocenters. The molecular weight excluding hydrogens is 358 g/mol. The first-order valence-electron chi connectivity index (χ1n) is 9.60. The van der Waals surface area contributed by atoms with Crippen molar-refractivity contribution in [2.24, 2.45) is 5.73 Å². The van der Waals surface area contributed by atoms with Gasteiger partial charge >= 0.3 is 0 Å². The average Bonchev–Trinajstić information content (AvgIpc) is 3.09. The summed E-state index contributed by atoms with van der Waals surface area (Å²) in [5.41, 5.74) is 14.5. The third kappa shape index (κ3) is 6.61. The highest BCUT2D eigenvalue weighted by Gasteiger charge is 2.11. The third-order valence-electron chi connectivity index (χ3n) is 4.51. The van der Waals surface area contributed by atoms with Gasteiger partial charge in [-0.05, 0) is 79.7 Å². The van der Waals surface area contributed by atoms with E-state index in [0.29, 0.717) is 0 Å². The van der Waals surface area contributed by atoms with Crippen molar-refractivity contribution < 1.29 is 0 Å². The highest BCUT2D eigenvalue weighted by atomic mass is 32.2. The first kappa shape index (κ1) is 21.8. The van der Waals surface area contributed by atoms with Crippen molar-refractivity contribution in [3.05, 3.63) is 113 Å². The molecule has 28 heavy (non-hydrogen) atoms. The maximum absolute atomic E-state index is 5.80. The van der Waals surface area contributed by atoms with Crippen LogP contribution in [0.5, 0.6) is 0 Å². The van der Waals surface area contributed by atoms with Gasteiger partial charge in [-0.3, -0.25) is 0 Å². The Hall–Kier alpha value is -2.45. The molecule has 0 aliphatic heterocycles. The van der Waals surface area contributed by atoms with Gasteiger partial charge in [-0.25, -0.2) is 0 Å². The summed E-state index contributed by atoms with van der Waals surface area (Å²) in [6.07, 6.45) is 14.4. The Labute approximate surface area is 174 Å². The normalized spacial score (nSPS) is 14.4. The van der Waals surface area contributed by atoms with Gasteiger partial charge in [-0.15, -0.1) is 11.8 Å². The van der Waals surface area contributed by atoms with Gasteiger partial charge in [0, 0.05) is 16.3 Å². The van der Waals surface area contributed by atoms with Crippen LogP contribution in [0.25, 0.3) is 0 Å². The number of nitrogens with two attached hydrogens (primary N) is 1. The fourth-order valence-electron chi connectivity index (χ4n) is 3.24. The van der Waals surface area contributed by atoms with Gasteiger partial charge in [0.25, 0.3) is 0 Å². The van der Waals surface area contributed by atoms with Gasteiger partial charge in [0.2, 0.25) is 0 Å². The fourth-order valence-corrected chi connectivity index (χ4v) is 4.08. The van der Waals surface area contributed by atoms with Crippen molar-refractivity contribution in [3.8, 4) is 0 Å². The Balaban J connectivity index is 1.98. The molecule has 1 aliphatic rings. The fraction of sp³-hybridized carbons (Fsp3) is 0.231. The van der Waals surface area contributed by atoms with Crippen LogP contribution in [0.15, 0.2) is 112 Å². The monoisotopic (exact) mass is 389 g/mol. The van der Waals surface area contributed by atoms with Crippen molar-refractivity contribution in [2.75, 3.05) is 5.75 Å². The Morgan fingerprint density at radius 3 is 2.43 bits per heavy atom. The van der Waals surface area contributed by atoms with Gasteiger partial charge < -0.3 is 5.73 Å². The molecule has 0 saturated carbocycles. The zero-order valence-corrected chi connectivity index (χ0v) is 18.1. The summed E-state index contributed by atoms with van der Waals surface area (Å²) >= 11 is 1.81. The van der Waals surface area contributed by atoms with E-state index in [1.807, 2.05) is 43.0 Å². The second-order valence-electron chi connectivity index (χ2n) is 7.25. The lowest BCUT2D eigenvalue weighted by Crippen LogP contribution is -1.93. The molecule has 1 aromatic carbocycles. The first-order valence-corrected chi connectivity index (χ1v) is 10.6. The summed E-state index contributed by atoms with van der Waals surface area (Å²) in [6.45, 7) is 13.9. The molecule has 0 fully saturated rings. The largest absolute Gasteiger partial charge is 0.402 e. The molecule has 1 aliphatic carbocycles. The molecule has 0 radical (unpaired) electrons. The minimum Gasteiger partial charge on any atom is -0.402 e. The summed E-state index contributed by atoms with van der Waals surface area (Å²) in [7, 11) is 0.